The number of aromatic nitrogens is 2. The number of ether oxygens (including phenoxy) is 1. The number of methoxy groups -OCH3 is 1. The van der Waals surface area contributed by atoms with Gasteiger partial charge in [-0.15, -0.1) is 0 Å². The molecule has 59 heavy (non-hydrogen) atoms. The molecule has 0 spiro atoms. The van der Waals surface area contributed by atoms with Crippen LogP contribution in [0.2, 0.25) is 5.02 Å². The molecule has 4 aromatic rings. The molecule has 4 N–H and O–H groups in total. The maximum atomic E-state index is 12.9. The standard InChI is InChI=1S/C44H55ClN9O4P/c1-58-39-24-31(8-13-36(39)49-44-46-25-35(45)42(51-44)48-37-6-4-5-7-40(37)59(2,3)57)30-18-22-54(23-19-30)34-27-52(28-34)26-29-16-20-53(21-17-29)33-11-9-32(10-12-33)47-38-14-15-41(55)50-43(38)56/h4-13,24-25,29-30,34,38,47H,14-23,26-28H2,1-3H3,(H,50,55,56)(H2,46,48,49,51). The van der Waals surface area contributed by atoms with Gasteiger partial charge in [-0.2, -0.15) is 4.98 Å². The van der Waals surface area contributed by atoms with Crippen molar-refractivity contribution in [1.29, 1.82) is 0 Å². The lowest BCUT2D eigenvalue weighted by Gasteiger charge is -2.49. The van der Waals surface area contributed by atoms with Crippen molar-refractivity contribution in [2.75, 3.05) is 87.1 Å². The number of hydrogen-bond acceptors (Lipinski definition) is 12. The number of nitrogens with one attached hydrogen (secondary N) is 4. The number of imide groups is 1. The number of carbonyl (C=O) groups excluding carboxylic acids is 2. The lowest BCUT2D eigenvalue weighted by Crippen LogP contribution is -2.61. The Labute approximate surface area is 352 Å². The molecule has 4 aliphatic heterocycles. The average Bonchev–Trinajstić information content (AvgIpc) is 3.22. The normalized spacial score (nSPS) is 20.2. The van der Waals surface area contributed by atoms with Gasteiger partial charge in [0.05, 0.1) is 24.7 Å². The summed E-state index contributed by atoms with van der Waals surface area (Å²) in [5.41, 5.74) is 4.88. The van der Waals surface area contributed by atoms with Gasteiger partial charge in [-0.3, -0.25) is 24.7 Å². The maximum absolute atomic E-state index is 12.9. The van der Waals surface area contributed by atoms with Crippen LogP contribution in [0.15, 0.2) is 72.9 Å². The molecule has 0 radical (unpaired) electrons. The zero-order valence-corrected chi connectivity index (χ0v) is 35.8. The molecular formula is C44H55ClN9O4P. The number of likely N-dealkylation sites (tertiary alicyclic amines) is 2. The minimum Gasteiger partial charge on any atom is -0.495 e. The van der Waals surface area contributed by atoms with Gasteiger partial charge in [-0.25, -0.2) is 4.98 Å². The fourth-order valence-corrected chi connectivity index (χ4v) is 10.2. The van der Waals surface area contributed by atoms with Crippen LogP contribution >= 0.6 is 18.7 Å². The van der Waals surface area contributed by atoms with Crippen LogP contribution < -0.4 is 36.2 Å². The SMILES string of the molecule is COc1cc(C2CCN(C3CN(CC4CCN(c5ccc(NC6CCC(=O)NC6=O)cc5)CC4)C3)CC2)ccc1Nc1ncc(Cl)c(Nc2ccccc2P(C)(C)=O)n1. The van der Waals surface area contributed by atoms with Crippen LogP contribution in [0.25, 0.3) is 0 Å². The van der Waals surface area contributed by atoms with E-state index in [1.165, 1.54) is 30.6 Å². The van der Waals surface area contributed by atoms with E-state index < -0.39 is 7.14 Å². The Balaban J connectivity index is 0.771. The molecule has 1 atom stereocenters. The van der Waals surface area contributed by atoms with E-state index in [9.17, 15) is 14.2 Å². The van der Waals surface area contributed by atoms with Crippen LogP contribution in [0.1, 0.15) is 50.0 Å². The Kier molecular flexibility index (Phi) is 12.5. The monoisotopic (exact) mass is 839 g/mol. The van der Waals surface area contributed by atoms with E-state index in [1.54, 1.807) is 26.6 Å². The number of benzene rings is 3. The first-order valence-electron chi connectivity index (χ1n) is 20.8. The molecule has 0 aliphatic carbocycles. The Morgan fingerprint density at radius 3 is 2.36 bits per heavy atom. The highest BCUT2D eigenvalue weighted by Gasteiger charge is 2.36. The smallest absolute Gasteiger partial charge is 0.249 e. The minimum atomic E-state index is -2.53. The Bertz CT molecular complexity index is 2180. The Morgan fingerprint density at radius 2 is 1.64 bits per heavy atom. The van der Waals surface area contributed by atoms with Crippen molar-refractivity contribution in [2.45, 2.75) is 56.5 Å². The highest BCUT2D eigenvalue weighted by Crippen LogP contribution is 2.40. The van der Waals surface area contributed by atoms with Gasteiger partial charge in [0.2, 0.25) is 17.8 Å². The van der Waals surface area contributed by atoms with E-state index in [1.807, 2.05) is 42.5 Å². The van der Waals surface area contributed by atoms with Crippen molar-refractivity contribution in [3.63, 3.8) is 0 Å². The zero-order chi connectivity index (χ0) is 41.1. The van der Waals surface area contributed by atoms with Crippen LogP contribution in [-0.4, -0.2) is 110 Å². The van der Waals surface area contributed by atoms with Gasteiger partial charge in [0.15, 0.2) is 5.82 Å². The van der Waals surface area contributed by atoms with E-state index in [-0.39, 0.29) is 17.9 Å². The molecule has 3 aromatic carbocycles. The van der Waals surface area contributed by atoms with Crippen molar-refractivity contribution < 1.29 is 18.9 Å². The van der Waals surface area contributed by atoms with Crippen molar-refractivity contribution in [2.24, 2.45) is 5.92 Å². The number of halogens is 1. The summed E-state index contributed by atoms with van der Waals surface area (Å²) in [6, 6.07) is 22.5. The van der Waals surface area contributed by atoms with Crippen molar-refractivity contribution in [1.82, 2.24) is 25.1 Å². The van der Waals surface area contributed by atoms with Gasteiger partial charge in [0.25, 0.3) is 0 Å². The molecule has 4 fully saturated rings. The molecule has 4 aliphatic rings. The highest BCUT2D eigenvalue weighted by atomic mass is 35.5. The minimum absolute atomic E-state index is 0.197. The van der Waals surface area contributed by atoms with E-state index in [4.69, 9.17) is 16.3 Å². The summed E-state index contributed by atoms with van der Waals surface area (Å²) in [5.74, 6) is 2.29. The number of rotatable bonds is 13. The fourth-order valence-electron chi connectivity index (χ4n) is 8.94. The van der Waals surface area contributed by atoms with E-state index >= 15 is 0 Å². The lowest BCUT2D eigenvalue weighted by molar-refractivity contribution is -0.133. The summed E-state index contributed by atoms with van der Waals surface area (Å²) in [5, 5.41) is 13.4. The molecule has 8 rings (SSSR count). The van der Waals surface area contributed by atoms with E-state index in [0.717, 1.165) is 80.5 Å². The number of para-hydroxylation sites is 1. The van der Waals surface area contributed by atoms with Crippen molar-refractivity contribution in [3.8, 4) is 5.75 Å². The summed E-state index contributed by atoms with van der Waals surface area (Å²) < 4.78 is 18.7. The first-order chi connectivity index (χ1) is 28.5. The number of hydrogen-bond donors (Lipinski definition) is 4. The zero-order valence-electron chi connectivity index (χ0n) is 34.1. The molecule has 1 aromatic heterocycles. The number of nitrogens with zero attached hydrogens (tertiary/aromatic N) is 5. The molecule has 4 saturated heterocycles. The van der Waals surface area contributed by atoms with Crippen LogP contribution in [0.5, 0.6) is 5.75 Å². The molecule has 1 unspecified atom stereocenters. The first kappa shape index (κ1) is 41.1. The molecule has 0 saturated carbocycles. The molecule has 2 amide bonds. The molecule has 312 valence electrons. The van der Waals surface area contributed by atoms with Gasteiger partial charge < -0.3 is 30.2 Å². The van der Waals surface area contributed by atoms with Crippen LogP contribution in [0.4, 0.5) is 34.5 Å². The van der Waals surface area contributed by atoms with E-state index in [2.05, 4.69) is 70.2 Å². The van der Waals surface area contributed by atoms with Gasteiger partial charge in [0, 0.05) is 61.9 Å². The topological polar surface area (TPSA) is 144 Å². The molecule has 0 bridgehead atoms. The third-order valence-corrected chi connectivity index (χ3v) is 14.2. The summed E-state index contributed by atoms with van der Waals surface area (Å²) in [4.78, 5) is 40.5. The second-order valence-electron chi connectivity index (χ2n) is 16.8. The fraction of sp³-hybridized carbons (Fsp3) is 0.455. The average molecular weight is 840 g/mol. The van der Waals surface area contributed by atoms with Crippen molar-refractivity contribution in [3.05, 3.63) is 83.5 Å². The molecular weight excluding hydrogens is 785 g/mol. The van der Waals surface area contributed by atoms with Gasteiger partial charge in [-0.05, 0) is 124 Å². The third-order valence-electron chi connectivity index (χ3n) is 12.4. The maximum Gasteiger partial charge on any atom is 0.249 e. The van der Waals surface area contributed by atoms with Crippen LogP contribution in [0.3, 0.4) is 0 Å². The third kappa shape index (κ3) is 9.86. The van der Waals surface area contributed by atoms with Gasteiger partial charge in [0.1, 0.15) is 24.0 Å². The summed E-state index contributed by atoms with van der Waals surface area (Å²) in [6.07, 6.45) is 7.08. The summed E-state index contributed by atoms with van der Waals surface area (Å²) in [7, 11) is -0.848. The number of carbonyl (C=O) groups is 2. The molecule has 15 heteroatoms. The highest BCUT2D eigenvalue weighted by molar-refractivity contribution is 7.70. The second kappa shape index (κ2) is 17.9. The molecule has 5 heterocycles. The number of anilines is 6. The lowest BCUT2D eigenvalue weighted by atomic mass is 9.87. The predicted molar refractivity (Wildman–Crippen MR) is 237 cm³/mol. The summed E-state index contributed by atoms with van der Waals surface area (Å²) in [6.45, 7) is 11.3. The second-order valence-corrected chi connectivity index (χ2v) is 20.4. The first-order valence-corrected chi connectivity index (χ1v) is 23.8. The molecule has 13 nitrogen and oxygen atoms in total. The number of amides is 2. The largest absolute Gasteiger partial charge is 0.495 e. The Morgan fingerprint density at radius 1 is 0.898 bits per heavy atom. The van der Waals surface area contributed by atoms with Gasteiger partial charge >= 0.3 is 0 Å². The number of piperidine rings is 3. The quantitative estimate of drug-likeness (QED) is 0.0824. The van der Waals surface area contributed by atoms with Crippen molar-refractivity contribution >= 4 is 70.4 Å². The Hall–Kier alpha value is -4.68. The van der Waals surface area contributed by atoms with Crippen LogP contribution in [0, 0.1) is 5.92 Å². The van der Waals surface area contributed by atoms with E-state index in [0.29, 0.717) is 47.3 Å². The predicted octanol–water partition coefficient (Wildman–Crippen LogP) is 6.87. The van der Waals surface area contributed by atoms with Crippen LogP contribution in [-0.2, 0) is 14.2 Å². The van der Waals surface area contributed by atoms with Gasteiger partial charge in [-0.1, -0.05) is 29.8 Å². The summed E-state index contributed by atoms with van der Waals surface area (Å²) >= 11 is 6.49.